The summed E-state index contributed by atoms with van der Waals surface area (Å²) >= 11 is 0. The third-order valence-electron chi connectivity index (χ3n) is 3.54. The Kier molecular flexibility index (Phi) is 5.09. The van der Waals surface area contributed by atoms with Crippen LogP contribution in [0.5, 0.6) is 0 Å². The fourth-order valence-corrected chi connectivity index (χ4v) is 1.96. The number of aliphatic hydroxyl groups excluding tert-OH is 1. The van der Waals surface area contributed by atoms with Gasteiger partial charge in [0.1, 0.15) is 0 Å². The van der Waals surface area contributed by atoms with Crippen molar-refractivity contribution in [2.45, 2.75) is 39.0 Å². The van der Waals surface area contributed by atoms with E-state index in [1.807, 2.05) is 14.0 Å². The number of hydrogen-bond acceptors (Lipinski definition) is 2. The molecule has 0 aliphatic heterocycles. The van der Waals surface area contributed by atoms with E-state index in [9.17, 15) is 4.79 Å². The highest BCUT2D eigenvalue weighted by Gasteiger charge is 2.22. The molecule has 1 rings (SSSR count). The van der Waals surface area contributed by atoms with Crippen molar-refractivity contribution in [3.05, 3.63) is 0 Å². The first-order chi connectivity index (χ1) is 7.19. The molecule has 0 saturated heterocycles. The Labute approximate surface area is 92.5 Å². The minimum atomic E-state index is -0.198. The van der Waals surface area contributed by atoms with Crippen LogP contribution in [0.1, 0.15) is 39.0 Å². The molecule has 1 aliphatic carbocycles. The van der Waals surface area contributed by atoms with Gasteiger partial charge < -0.3 is 10.0 Å². The van der Waals surface area contributed by atoms with E-state index in [1.54, 1.807) is 4.90 Å². The lowest BCUT2D eigenvalue weighted by atomic mass is 9.83. The maximum absolute atomic E-state index is 11.8. The van der Waals surface area contributed by atoms with Gasteiger partial charge in [0.25, 0.3) is 0 Å². The highest BCUT2D eigenvalue weighted by molar-refractivity contribution is 5.78. The van der Waals surface area contributed by atoms with E-state index < -0.39 is 0 Å². The summed E-state index contributed by atoms with van der Waals surface area (Å²) in [5.74, 6) is 0.741. The van der Waals surface area contributed by atoms with Crippen molar-refractivity contribution in [2.75, 3.05) is 20.2 Å². The zero-order valence-corrected chi connectivity index (χ0v) is 9.91. The second kappa shape index (κ2) is 6.11. The average molecular weight is 213 g/mol. The Bertz CT molecular complexity index is 198. The largest absolute Gasteiger partial charge is 0.396 e. The lowest BCUT2D eigenvalue weighted by molar-refractivity contribution is -0.135. The molecule has 1 unspecified atom stereocenters. The second-order valence-electron chi connectivity index (χ2n) is 4.63. The van der Waals surface area contributed by atoms with Crippen LogP contribution in [0, 0.1) is 11.8 Å². The summed E-state index contributed by atoms with van der Waals surface area (Å²) in [5, 5.41) is 9.03. The molecular formula is C12H23NO2. The van der Waals surface area contributed by atoms with Gasteiger partial charge in [0.15, 0.2) is 0 Å². The SMILES string of the molecule is CCC(CO)C(=O)N(C)CCC1CCC1. The van der Waals surface area contributed by atoms with Crippen LogP contribution in [0.3, 0.4) is 0 Å². The molecule has 1 aliphatic rings. The number of rotatable bonds is 6. The Hall–Kier alpha value is -0.570. The number of aliphatic hydroxyl groups is 1. The van der Waals surface area contributed by atoms with Crippen LogP contribution in [0.2, 0.25) is 0 Å². The zero-order valence-electron chi connectivity index (χ0n) is 9.91. The van der Waals surface area contributed by atoms with Crippen molar-refractivity contribution in [1.29, 1.82) is 0 Å². The van der Waals surface area contributed by atoms with E-state index in [4.69, 9.17) is 5.11 Å². The standard InChI is InChI=1S/C12H23NO2/c1-3-11(9-14)12(15)13(2)8-7-10-5-4-6-10/h10-11,14H,3-9H2,1-2H3. The van der Waals surface area contributed by atoms with Gasteiger partial charge in [0.2, 0.25) is 5.91 Å². The molecule has 1 saturated carbocycles. The normalized spacial score (nSPS) is 18.3. The molecule has 1 amide bonds. The fraction of sp³-hybridized carbons (Fsp3) is 0.917. The summed E-state index contributed by atoms with van der Waals surface area (Å²) in [7, 11) is 1.85. The Balaban J connectivity index is 2.24. The molecule has 3 heteroatoms. The maximum atomic E-state index is 11.8. The van der Waals surface area contributed by atoms with Crippen molar-refractivity contribution in [1.82, 2.24) is 4.90 Å². The third-order valence-corrected chi connectivity index (χ3v) is 3.54. The Morgan fingerprint density at radius 2 is 2.20 bits per heavy atom. The quantitative estimate of drug-likeness (QED) is 0.729. The number of nitrogens with zero attached hydrogens (tertiary/aromatic N) is 1. The van der Waals surface area contributed by atoms with Crippen molar-refractivity contribution < 1.29 is 9.90 Å². The smallest absolute Gasteiger partial charge is 0.227 e. The van der Waals surface area contributed by atoms with Gasteiger partial charge in [-0.15, -0.1) is 0 Å². The molecule has 0 spiro atoms. The molecule has 0 aromatic heterocycles. The molecule has 3 nitrogen and oxygen atoms in total. The van der Waals surface area contributed by atoms with Gasteiger partial charge in [-0.1, -0.05) is 26.2 Å². The van der Waals surface area contributed by atoms with Gasteiger partial charge in [0.05, 0.1) is 12.5 Å². The molecule has 88 valence electrons. The fourth-order valence-electron chi connectivity index (χ4n) is 1.96. The molecule has 1 fully saturated rings. The van der Waals surface area contributed by atoms with E-state index >= 15 is 0 Å². The highest BCUT2D eigenvalue weighted by Crippen LogP contribution is 2.29. The number of amides is 1. The van der Waals surface area contributed by atoms with Crippen LogP contribution < -0.4 is 0 Å². The molecule has 0 radical (unpaired) electrons. The number of carbonyl (C=O) groups excluding carboxylic acids is 1. The van der Waals surface area contributed by atoms with Crippen molar-refractivity contribution in [2.24, 2.45) is 11.8 Å². The summed E-state index contributed by atoms with van der Waals surface area (Å²) in [6.07, 6.45) is 5.88. The van der Waals surface area contributed by atoms with E-state index in [1.165, 1.54) is 19.3 Å². The highest BCUT2D eigenvalue weighted by atomic mass is 16.3. The van der Waals surface area contributed by atoms with Crippen LogP contribution in [0.15, 0.2) is 0 Å². The summed E-state index contributed by atoms with van der Waals surface area (Å²) < 4.78 is 0. The summed E-state index contributed by atoms with van der Waals surface area (Å²) in [4.78, 5) is 13.6. The predicted molar refractivity (Wildman–Crippen MR) is 60.5 cm³/mol. The molecular weight excluding hydrogens is 190 g/mol. The van der Waals surface area contributed by atoms with E-state index in [2.05, 4.69) is 0 Å². The van der Waals surface area contributed by atoms with Crippen molar-refractivity contribution in [3.8, 4) is 0 Å². The molecule has 1 atom stereocenters. The number of carbonyl (C=O) groups is 1. The van der Waals surface area contributed by atoms with Crippen LogP contribution in [0.25, 0.3) is 0 Å². The molecule has 0 aromatic carbocycles. The first-order valence-electron chi connectivity index (χ1n) is 6.04. The predicted octanol–water partition coefficient (Wildman–Crippen LogP) is 1.65. The minimum absolute atomic E-state index is 0.0247. The van der Waals surface area contributed by atoms with Crippen LogP contribution in [-0.2, 0) is 4.79 Å². The van der Waals surface area contributed by atoms with Gasteiger partial charge in [-0.25, -0.2) is 0 Å². The summed E-state index contributed by atoms with van der Waals surface area (Å²) in [5.41, 5.74) is 0. The van der Waals surface area contributed by atoms with E-state index in [0.29, 0.717) is 0 Å². The van der Waals surface area contributed by atoms with Gasteiger partial charge in [0, 0.05) is 13.6 Å². The first kappa shape index (κ1) is 12.5. The van der Waals surface area contributed by atoms with Crippen molar-refractivity contribution >= 4 is 5.91 Å². The minimum Gasteiger partial charge on any atom is -0.396 e. The third kappa shape index (κ3) is 3.49. The molecule has 15 heavy (non-hydrogen) atoms. The van der Waals surface area contributed by atoms with Gasteiger partial charge in [-0.05, 0) is 18.8 Å². The van der Waals surface area contributed by atoms with Crippen LogP contribution >= 0.6 is 0 Å². The topological polar surface area (TPSA) is 40.5 Å². The molecule has 0 heterocycles. The van der Waals surface area contributed by atoms with Gasteiger partial charge in [-0.3, -0.25) is 4.79 Å². The monoisotopic (exact) mass is 213 g/mol. The van der Waals surface area contributed by atoms with Crippen LogP contribution in [-0.4, -0.2) is 36.1 Å². The van der Waals surface area contributed by atoms with Gasteiger partial charge in [-0.2, -0.15) is 0 Å². The van der Waals surface area contributed by atoms with Gasteiger partial charge >= 0.3 is 0 Å². The van der Waals surface area contributed by atoms with E-state index in [-0.39, 0.29) is 18.4 Å². The molecule has 1 N–H and O–H groups in total. The summed E-state index contributed by atoms with van der Waals surface area (Å²) in [6, 6.07) is 0. The Morgan fingerprint density at radius 3 is 2.60 bits per heavy atom. The molecule has 0 aromatic rings. The number of hydrogen-bond donors (Lipinski definition) is 1. The van der Waals surface area contributed by atoms with Crippen molar-refractivity contribution in [3.63, 3.8) is 0 Å². The molecule has 0 bridgehead atoms. The zero-order chi connectivity index (χ0) is 11.3. The Morgan fingerprint density at radius 1 is 1.53 bits per heavy atom. The summed E-state index contributed by atoms with van der Waals surface area (Å²) in [6.45, 7) is 2.77. The van der Waals surface area contributed by atoms with E-state index in [0.717, 1.165) is 25.3 Å². The first-order valence-corrected chi connectivity index (χ1v) is 6.04. The maximum Gasteiger partial charge on any atom is 0.227 e. The lowest BCUT2D eigenvalue weighted by Crippen LogP contribution is -2.36. The second-order valence-corrected chi connectivity index (χ2v) is 4.63. The van der Waals surface area contributed by atoms with Crippen LogP contribution in [0.4, 0.5) is 0 Å². The average Bonchev–Trinajstić information content (AvgIpc) is 2.16. The lowest BCUT2D eigenvalue weighted by Gasteiger charge is -2.28.